The van der Waals surface area contributed by atoms with E-state index in [1.54, 1.807) is 13.0 Å². The van der Waals surface area contributed by atoms with Crippen LogP contribution in [0.3, 0.4) is 0 Å². The zero-order chi connectivity index (χ0) is 14.9. The van der Waals surface area contributed by atoms with Gasteiger partial charge in [0.15, 0.2) is 0 Å². The number of sulfonamides is 1. The normalized spacial score (nSPS) is 12.1. The number of nitrogens with zero attached hydrogens (tertiary/aromatic N) is 2. The monoisotopic (exact) mass is 318 g/mol. The minimum Gasteiger partial charge on any atom is -0.361 e. The Hall–Kier alpha value is -1.44. The number of aryl methyl sites for hydroxylation is 1. The Morgan fingerprint density at radius 3 is 2.65 bits per heavy atom. The third-order valence-corrected chi connectivity index (χ3v) is 4.72. The summed E-state index contributed by atoms with van der Waals surface area (Å²) in [4.78, 5) is -0.426. The van der Waals surface area contributed by atoms with E-state index in [1.807, 2.05) is 0 Å². The standard InChI is InChI=1S/C12H12ClFN2O3S/c1-8-5-10(15-19-8)7-16(2)20(17,18)12-4-3-9(13)6-11(12)14/h3-6H,7H2,1-2H3. The number of hydrogen-bond donors (Lipinski definition) is 0. The number of rotatable bonds is 4. The van der Waals surface area contributed by atoms with Gasteiger partial charge < -0.3 is 4.52 Å². The van der Waals surface area contributed by atoms with Gasteiger partial charge in [0.05, 0.1) is 12.2 Å². The highest BCUT2D eigenvalue weighted by Gasteiger charge is 2.25. The average Bonchev–Trinajstić information content (AvgIpc) is 2.74. The summed E-state index contributed by atoms with van der Waals surface area (Å²) in [5, 5.41) is 3.84. The van der Waals surface area contributed by atoms with Crippen molar-refractivity contribution < 1.29 is 17.3 Å². The SMILES string of the molecule is Cc1cc(CN(C)S(=O)(=O)c2ccc(Cl)cc2F)no1. The molecule has 1 aromatic carbocycles. The first kappa shape index (κ1) is 15.0. The van der Waals surface area contributed by atoms with Crippen LogP contribution < -0.4 is 0 Å². The van der Waals surface area contributed by atoms with Gasteiger partial charge in [-0.05, 0) is 25.1 Å². The maximum absolute atomic E-state index is 13.7. The van der Waals surface area contributed by atoms with Crippen LogP contribution in [0.25, 0.3) is 0 Å². The molecule has 1 heterocycles. The summed E-state index contributed by atoms with van der Waals surface area (Å²) in [6.07, 6.45) is 0. The topological polar surface area (TPSA) is 63.4 Å². The first-order chi connectivity index (χ1) is 9.30. The first-order valence-corrected chi connectivity index (χ1v) is 7.46. The van der Waals surface area contributed by atoms with Gasteiger partial charge in [0, 0.05) is 18.1 Å². The Morgan fingerprint density at radius 1 is 1.40 bits per heavy atom. The van der Waals surface area contributed by atoms with E-state index in [1.165, 1.54) is 13.1 Å². The van der Waals surface area contributed by atoms with Crippen molar-refractivity contribution in [2.24, 2.45) is 0 Å². The summed E-state index contributed by atoms with van der Waals surface area (Å²) in [7, 11) is -2.62. The van der Waals surface area contributed by atoms with Gasteiger partial charge in [-0.3, -0.25) is 0 Å². The van der Waals surface area contributed by atoms with Crippen molar-refractivity contribution in [3.05, 3.63) is 46.6 Å². The summed E-state index contributed by atoms with van der Waals surface area (Å²) in [6, 6.07) is 5.04. The molecule has 0 bridgehead atoms. The van der Waals surface area contributed by atoms with E-state index in [2.05, 4.69) is 5.16 Å². The third kappa shape index (κ3) is 3.00. The molecule has 0 radical (unpaired) electrons. The number of benzene rings is 1. The van der Waals surface area contributed by atoms with Crippen LogP contribution in [0, 0.1) is 12.7 Å². The Kier molecular flexibility index (Phi) is 4.12. The van der Waals surface area contributed by atoms with Gasteiger partial charge in [-0.25, -0.2) is 12.8 Å². The van der Waals surface area contributed by atoms with E-state index in [9.17, 15) is 12.8 Å². The largest absolute Gasteiger partial charge is 0.361 e. The molecule has 2 aromatic rings. The zero-order valence-corrected chi connectivity index (χ0v) is 12.4. The van der Waals surface area contributed by atoms with Crippen LogP contribution in [0.4, 0.5) is 4.39 Å². The smallest absolute Gasteiger partial charge is 0.246 e. The minimum absolute atomic E-state index is 0.0122. The third-order valence-electron chi connectivity index (χ3n) is 2.64. The van der Waals surface area contributed by atoms with E-state index < -0.39 is 20.7 Å². The molecule has 8 heteroatoms. The second-order valence-electron chi connectivity index (χ2n) is 4.26. The van der Waals surface area contributed by atoms with E-state index >= 15 is 0 Å². The van der Waals surface area contributed by atoms with Crippen molar-refractivity contribution in [3.63, 3.8) is 0 Å². The van der Waals surface area contributed by atoms with Crippen LogP contribution in [0.2, 0.25) is 5.02 Å². The molecular formula is C12H12ClFN2O3S. The van der Waals surface area contributed by atoms with Crippen molar-refractivity contribution in [3.8, 4) is 0 Å². The molecule has 0 fully saturated rings. The number of halogens is 2. The van der Waals surface area contributed by atoms with Gasteiger partial charge in [0.25, 0.3) is 0 Å². The van der Waals surface area contributed by atoms with Crippen LogP contribution in [-0.4, -0.2) is 24.9 Å². The molecule has 5 nitrogen and oxygen atoms in total. The van der Waals surface area contributed by atoms with Gasteiger partial charge in [-0.1, -0.05) is 16.8 Å². The van der Waals surface area contributed by atoms with Crippen molar-refractivity contribution in [2.75, 3.05) is 7.05 Å². The molecule has 0 aliphatic carbocycles. The highest BCUT2D eigenvalue weighted by Crippen LogP contribution is 2.22. The predicted octanol–water partition coefficient (Wildman–Crippen LogP) is 2.60. The zero-order valence-electron chi connectivity index (χ0n) is 10.8. The van der Waals surface area contributed by atoms with E-state index in [0.29, 0.717) is 11.5 Å². The molecule has 0 atom stereocenters. The molecule has 0 N–H and O–H groups in total. The van der Waals surface area contributed by atoms with Crippen molar-refractivity contribution in [1.82, 2.24) is 9.46 Å². The summed E-state index contributed by atoms with van der Waals surface area (Å²) in [6.45, 7) is 1.69. The molecule has 108 valence electrons. The molecule has 0 unspecified atom stereocenters. The summed E-state index contributed by atoms with van der Waals surface area (Å²) in [5.41, 5.74) is 0.447. The van der Waals surface area contributed by atoms with Gasteiger partial charge >= 0.3 is 0 Å². The molecule has 0 amide bonds. The number of hydrogen-bond acceptors (Lipinski definition) is 4. The maximum Gasteiger partial charge on any atom is 0.246 e. The molecule has 2 rings (SSSR count). The molecule has 0 spiro atoms. The maximum atomic E-state index is 13.7. The average molecular weight is 319 g/mol. The van der Waals surface area contributed by atoms with Crippen LogP contribution >= 0.6 is 11.6 Å². The van der Waals surface area contributed by atoms with Gasteiger partial charge in [-0.2, -0.15) is 4.31 Å². The quantitative estimate of drug-likeness (QED) is 0.869. The lowest BCUT2D eigenvalue weighted by molar-refractivity contribution is 0.377. The van der Waals surface area contributed by atoms with Crippen LogP contribution in [0.15, 0.2) is 33.7 Å². The summed E-state index contributed by atoms with van der Waals surface area (Å²) in [5.74, 6) is -0.316. The fourth-order valence-electron chi connectivity index (χ4n) is 1.66. The van der Waals surface area contributed by atoms with Gasteiger partial charge in [-0.15, -0.1) is 0 Å². The molecule has 0 aliphatic heterocycles. The summed E-state index contributed by atoms with van der Waals surface area (Å²) < 4.78 is 44.1. The van der Waals surface area contributed by atoms with Crippen LogP contribution in [0.1, 0.15) is 11.5 Å². The van der Waals surface area contributed by atoms with Gasteiger partial charge in [0.2, 0.25) is 10.0 Å². The second-order valence-corrected chi connectivity index (χ2v) is 6.71. The molecular weight excluding hydrogens is 307 g/mol. The molecule has 0 saturated heterocycles. The van der Waals surface area contributed by atoms with E-state index in [-0.39, 0.29) is 11.6 Å². The Labute approximate surface area is 121 Å². The molecule has 20 heavy (non-hydrogen) atoms. The predicted molar refractivity (Wildman–Crippen MR) is 71.3 cm³/mol. The van der Waals surface area contributed by atoms with Crippen molar-refractivity contribution in [1.29, 1.82) is 0 Å². The van der Waals surface area contributed by atoms with Crippen LogP contribution in [0.5, 0.6) is 0 Å². The molecule has 0 aliphatic rings. The first-order valence-electron chi connectivity index (χ1n) is 5.64. The molecule has 1 aromatic heterocycles. The number of aromatic nitrogens is 1. The second kappa shape index (κ2) is 5.51. The van der Waals surface area contributed by atoms with Crippen molar-refractivity contribution >= 4 is 21.6 Å². The Balaban J connectivity index is 2.29. The fourth-order valence-corrected chi connectivity index (χ4v) is 3.00. The minimum atomic E-state index is -3.96. The Morgan fingerprint density at radius 2 is 2.10 bits per heavy atom. The lowest BCUT2D eigenvalue weighted by Crippen LogP contribution is -2.27. The fraction of sp³-hybridized carbons (Fsp3) is 0.250. The lowest BCUT2D eigenvalue weighted by Gasteiger charge is -2.16. The van der Waals surface area contributed by atoms with E-state index in [0.717, 1.165) is 16.4 Å². The molecule has 0 saturated carbocycles. The highest BCUT2D eigenvalue weighted by molar-refractivity contribution is 7.89. The van der Waals surface area contributed by atoms with Crippen LogP contribution in [-0.2, 0) is 16.6 Å². The highest BCUT2D eigenvalue weighted by atomic mass is 35.5. The van der Waals surface area contributed by atoms with E-state index in [4.69, 9.17) is 16.1 Å². The van der Waals surface area contributed by atoms with Gasteiger partial charge in [0.1, 0.15) is 16.5 Å². The summed E-state index contributed by atoms with van der Waals surface area (Å²) >= 11 is 5.61. The Bertz CT molecular complexity index is 730. The lowest BCUT2D eigenvalue weighted by atomic mass is 10.3. The van der Waals surface area contributed by atoms with Crippen molar-refractivity contribution in [2.45, 2.75) is 18.4 Å².